The SMILES string of the molecule is CCC1(C)CCCC1(C)CC(C)CCCC(C)N. The summed E-state index contributed by atoms with van der Waals surface area (Å²) < 4.78 is 0. The summed E-state index contributed by atoms with van der Waals surface area (Å²) in [6.07, 6.45) is 10.9. The third kappa shape index (κ3) is 3.73. The van der Waals surface area contributed by atoms with Crippen molar-refractivity contribution >= 4 is 0 Å². The minimum absolute atomic E-state index is 0.375. The Labute approximate surface area is 115 Å². The average Bonchev–Trinajstić information content (AvgIpc) is 2.55. The highest BCUT2D eigenvalue weighted by Gasteiger charge is 2.47. The van der Waals surface area contributed by atoms with Crippen molar-refractivity contribution in [2.24, 2.45) is 22.5 Å². The molecule has 0 amide bonds. The molecule has 0 aromatic carbocycles. The van der Waals surface area contributed by atoms with E-state index in [1.54, 1.807) is 0 Å². The lowest BCUT2D eigenvalue weighted by atomic mass is 9.62. The fraction of sp³-hybridized carbons (Fsp3) is 1.00. The van der Waals surface area contributed by atoms with E-state index >= 15 is 0 Å². The van der Waals surface area contributed by atoms with Gasteiger partial charge in [-0.25, -0.2) is 0 Å². The fourth-order valence-electron chi connectivity index (χ4n) is 4.08. The molecule has 2 N–H and O–H groups in total. The van der Waals surface area contributed by atoms with Crippen molar-refractivity contribution in [3.63, 3.8) is 0 Å². The molecule has 0 spiro atoms. The van der Waals surface area contributed by atoms with Gasteiger partial charge < -0.3 is 5.73 Å². The monoisotopic (exact) mass is 253 g/mol. The van der Waals surface area contributed by atoms with Crippen LogP contribution >= 0.6 is 0 Å². The lowest BCUT2D eigenvalue weighted by Gasteiger charge is -2.42. The maximum atomic E-state index is 5.83. The van der Waals surface area contributed by atoms with Gasteiger partial charge in [-0.3, -0.25) is 0 Å². The first-order valence-corrected chi connectivity index (χ1v) is 8.08. The maximum absolute atomic E-state index is 5.83. The van der Waals surface area contributed by atoms with E-state index < -0.39 is 0 Å². The Kier molecular flexibility index (Phi) is 5.70. The predicted octanol–water partition coefficient (Wildman–Crippen LogP) is 5.14. The Hall–Kier alpha value is -0.0400. The Balaban J connectivity index is 2.45. The van der Waals surface area contributed by atoms with E-state index in [2.05, 4.69) is 34.6 Å². The molecule has 4 unspecified atom stereocenters. The van der Waals surface area contributed by atoms with Gasteiger partial charge in [-0.05, 0) is 49.4 Å². The van der Waals surface area contributed by atoms with Crippen molar-refractivity contribution in [1.82, 2.24) is 0 Å². The molecule has 108 valence electrons. The maximum Gasteiger partial charge on any atom is 0.00104 e. The first kappa shape index (κ1) is 16.0. The van der Waals surface area contributed by atoms with Gasteiger partial charge in [-0.1, -0.05) is 53.4 Å². The zero-order valence-corrected chi connectivity index (χ0v) is 13.4. The number of hydrogen-bond donors (Lipinski definition) is 1. The second-order valence-corrected chi connectivity index (χ2v) is 7.55. The minimum Gasteiger partial charge on any atom is -0.328 e. The molecule has 4 atom stereocenters. The highest BCUT2D eigenvalue weighted by Crippen LogP contribution is 2.57. The van der Waals surface area contributed by atoms with Gasteiger partial charge in [0.05, 0.1) is 0 Å². The Morgan fingerprint density at radius 1 is 1.06 bits per heavy atom. The summed E-state index contributed by atoms with van der Waals surface area (Å²) in [6.45, 7) is 12.0. The molecule has 1 saturated carbocycles. The molecule has 0 aliphatic heterocycles. The van der Waals surface area contributed by atoms with Crippen molar-refractivity contribution in [1.29, 1.82) is 0 Å². The molecular formula is C17H35N. The van der Waals surface area contributed by atoms with Crippen molar-refractivity contribution in [2.45, 2.75) is 92.0 Å². The Bertz CT molecular complexity index is 248. The van der Waals surface area contributed by atoms with Gasteiger partial charge in [0.25, 0.3) is 0 Å². The van der Waals surface area contributed by atoms with Gasteiger partial charge in [-0.2, -0.15) is 0 Å². The van der Waals surface area contributed by atoms with E-state index in [9.17, 15) is 0 Å². The molecule has 1 rings (SSSR count). The van der Waals surface area contributed by atoms with Crippen LogP contribution in [0.4, 0.5) is 0 Å². The van der Waals surface area contributed by atoms with Gasteiger partial charge in [0.2, 0.25) is 0 Å². The van der Waals surface area contributed by atoms with Crippen LogP contribution in [-0.4, -0.2) is 6.04 Å². The number of nitrogens with two attached hydrogens (primary N) is 1. The third-order valence-electron chi connectivity index (χ3n) is 5.85. The van der Waals surface area contributed by atoms with Crippen molar-refractivity contribution < 1.29 is 0 Å². The Morgan fingerprint density at radius 3 is 2.22 bits per heavy atom. The van der Waals surface area contributed by atoms with Crippen LogP contribution in [0.2, 0.25) is 0 Å². The molecule has 0 radical (unpaired) electrons. The van der Waals surface area contributed by atoms with Gasteiger partial charge in [0.1, 0.15) is 0 Å². The van der Waals surface area contributed by atoms with Crippen LogP contribution in [0.3, 0.4) is 0 Å². The summed E-state index contributed by atoms with van der Waals surface area (Å²) in [4.78, 5) is 0. The van der Waals surface area contributed by atoms with E-state index in [1.807, 2.05) is 0 Å². The molecule has 1 aliphatic carbocycles. The van der Waals surface area contributed by atoms with E-state index in [0.29, 0.717) is 16.9 Å². The number of hydrogen-bond acceptors (Lipinski definition) is 1. The van der Waals surface area contributed by atoms with E-state index in [0.717, 1.165) is 5.92 Å². The van der Waals surface area contributed by atoms with Crippen molar-refractivity contribution in [3.8, 4) is 0 Å². The lowest BCUT2D eigenvalue weighted by Crippen LogP contribution is -2.33. The molecule has 0 aromatic heterocycles. The highest BCUT2D eigenvalue weighted by molar-refractivity contribution is 4.97. The molecule has 1 heteroatoms. The predicted molar refractivity (Wildman–Crippen MR) is 81.6 cm³/mol. The summed E-state index contributed by atoms with van der Waals surface area (Å²) in [5.41, 5.74) is 7.00. The van der Waals surface area contributed by atoms with Crippen LogP contribution in [0.25, 0.3) is 0 Å². The zero-order chi connectivity index (χ0) is 13.8. The van der Waals surface area contributed by atoms with Gasteiger partial charge in [-0.15, -0.1) is 0 Å². The van der Waals surface area contributed by atoms with Crippen molar-refractivity contribution in [2.75, 3.05) is 0 Å². The smallest absolute Gasteiger partial charge is 0.00104 e. The summed E-state index contributed by atoms with van der Waals surface area (Å²) in [5.74, 6) is 0.859. The fourth-order valence-corrected chi connectivity index (χ4v) is 4.08. The normalized spacial score (nSPS) is 35.7. The summed E-state index contributed by atoms with van der Waals surface area (Å²) in [7, 11) is 0. The van der Waals surface area contributed by atoms with Crippen LogP contribution in [0, 0.1) is 16.7 Å². The topological polar surface area (TPSA) is 26.0 Å². The highest BCUT2D eigenvalue weighted by atomic mass is 14.6. The van der Waals surface area contributed by atoms with E-state index in [4.69, 9.17) is 5.73 Å². The summed E-state index contributed by atoms with van der Waals surface area (Å²) in [6, 6.07) is 0.375. The molecule has 0 saturated heterocycles. The average molecular weight is 253 g/mol. The lowest BCUT2D eigenvalue weighted by molar-refractivity contribution is 0.0737. The van der Waals surface area contributed by atoms with Crippen LogP contribution in [0.1, 0.15) is 86.0 Å². The van der Waals surface area contributed by atoms with Gasteiger partial charge >= 0.3 is 0 Å². The molecule has 1 nitrogen and oxygen atoms in total. The molecule has 1 fully saturated rings. The minimum atomic E-state index is 0.375. The quantitative estimate of drug-likeness (QED) is 0.668. The second kappa shape index (κ2) is 6.41. The van der Waals surface area contributed by atoms with E-state index in [-0.39, 0.29) is 0 Å². The molecule has 0 bridgehead atoms. The summed E-state index contributed by atoms with van der Waals surface area (Å²) in [5, 5.41) is 0. The van der Waals surface area contributed by atoms with Gasteiger partial charge in [0, 0.05) is 6.04 Å². The van der Waals surface area contributed by atoms with E-state index in [1.165, 1.54) is 51.4 Å². The van der Waals surface area contributed by atoms with Crippen LogP contribution in [0.15, 0.2) is 0 Å². The first-order chi connectivity index (χ1) is 8.33. The van der Waals surface area contributed by atoms with Crippen LogP contribution in [-0.2, 0) is 0 Å². The second-order valence-electron chi connectivity index (χ2n) is 7.55. The molecule has 0 heterocycles. The molecule has 18 heavy (non-hydrogen) atoms. The largest absolute Gasteiger partial charge is 0.328 e. The van der Waals surface area contributed by atoms with Crippen LogP contribution in [0.5, 0.6) is 0 Å². The van der Waals surface area contributed by atoms with Gasteiger partial charge in [0.15, 0.2) is 0 Å². The standard InChI is InChI=1S/C17H35N/c1-6-16(4)11-8-12-17(16,5)13-14(2)9-7-10-15(3)18/h14-15H,6-13,18H2,1-5H3. The zero-order valence-electron chi connectivity index (χ0n) is 13.4. The first-order valence-electron chi connectivity index (χ1n) is 8.08. The van der Waals surface area contributed by atoms with Crippen LogP contribution < -0.4 is 5.73 Å². The third-order valence-corrected chi connectivity index (χ3v) is 5.85. The Morgan fingerprint density at radius 2 is 1.67 bits per heavy atom. The molecule has 0 aromatic rings. The summed E-state index contributed by atoms with van der Waals surface area (Å²) >= 11 is 0. The molecular weight excluding hydrogens is 218 g/mol. The number of rotatable bonds is 7. The molecule has 1 aliphatic rings. The van der Waals surface area contributed by atoms with Crippen molar-refractivity contribution in [3.05, 3.63) is 0 Å².